The molecule has 186 valence electrons. The lowest BCUT2D eigenvalue weighted by Crippen LogP contribution is -2.43. The minimum atomic E-state index is -1.87. The van der Waals surface area contributed by atoms with Gasteiger partial charge in [0.2, 0.25) is 7.74 Å². The lowest BCUT2D eigenvalue weighted by Gasteiger charge is -2.44. The van der Waals surface area contributed by atoms with E-state index < -0.39 is 21.9 Å². The average molecular weight is 528 g/mol. The van der Waals surface area contributed by atoms with Gasteiger partial charge in [0.1, 0.15) is 7.61 Å². The molecule has 0 aromatic heterocycles. The number of aryl methyl sites for hydroxylation is 6. The highest BCUT2D eigenvalue weighted by Gasteiger charge is 2.62. The van der Waals surface area contributed by atoms with Crippen molar-refractivity contribution in [2.24, 2.45) is 0 Å². The number of hydrogen-bond donors (Lipinski definition) is 0. The molecular formula is C33H41P2Si+. The van der Waals surface area contributed by atoms with Crippen LogP contribution in [0.3, 0.4) is 0 Å². The molecule has 0 bridgehead atoms. The van der Waals surface area contributed by atoms with Crippen molar-refractivity contribution in [1.29, 1.82) is 0 Å². The van der Waals surface area contributed by atoms with E-state index in [-0.39, 0.29) is 0 Å². The molecule has 0 N–H and O–H groups in total. The Morgan fingerprint density at radius 2 is 0.806 bits per heavy atom. The third-order valence-corrected chi connectivity index (χ3v) is 33.1. The van der Waals surface area contributed by atoms with Crippen molar-refractivity contribution in [2.45, 2.75) is 61.2 Å². The Balaban J connectivity index is 2.29. The normalized spacial score (nSPS) is 12.3. The van der Waals surface area contributed by atoms with E-state index in [4.69, 9.17) is 0 Å². The minimum Gasteiger partial charge on any atom is -0.0620 e. The van der Waals surface area contributed by atoms with Crippen LogP contribution in [-0.4, -0.2) is 7.74 Å². The molecule has 0 saturated heterocycles. The van der Waals surface area contributed by atoms with E-state index in [1.54, 1.807) is 21.2 Å². The number of hydrogen-bond acceptors (Lipinski definition) is 0. The minimum absolute atomic E-state index is 0.674. The van der Waals surface area contributed by atoms with Crippen LogP contribution in [0.4, 0.5) is 0 Å². The molecule has 0 heterocycles. The zero-order valence-corrected chi connectivity index (χ0v) is 26.3. The van der Waals surface area contributed by atoms with Gasteiger partial charge in [-0.05, 0) is 108 Å². The van der Waals surface area contributed by atoms with E-state index in [2.05, 4.69) is 146 Å². The Bertz CT molecular complexity index is 1230. The summed E-state index contributed by atoms with van der Waals surface area (Å²) >= 11 is 0. The maximum Gasteiger partial charge on any atom is 0.235 e. The van der Waals surface area contributed by atoms with E-state index in [0.717, 1.165) is 0 Å². The number of rotatable bonds is 6. The Kier molecular flexibility index (Phi) is 7.78. The monoisotopic (exact) mass is 527 g/mol. The molecule has 0 aliphatic heterocycles. The van der Waals surface area contributed by atoms with Crippen LogP contribution in [0.2, 0.25) is 19.6 Å². The fourth-order valence-corrected chi connectivity index (χ4v) is 33.1. The summed E-state index contributed by atoms with van der Waals surface area (Å²) in [6.45, 7) is 19.9. The zero-order valence-electron chi connectivity index (χ0n) is 23.5. The first kappa shape index (κ1) is 27.0. The highest BCUT2D eigenvalue weighted by atomic mass is 32.2. The highest BCUT2D eigenvalue weighted by Crippen LogP contribution is 2.86. The quantitative estimate of drug-likeness (QED) is 0.174. The molecule has 0 spiro atoms. The molecule has 0 unspecified atom stereocenters. The van der Waals surface area contributed by atoms with Gasteiger partial charge in [0.15, 0.2) is 0 Å². The van der Waals surface area contributed by atoms with Gasteiger partial charge in [0.25, 0.3) is 0 Å². The van der Waals surface area contributed by atoms with Gasteiger partial charge in [-0.15, -0.1) is 0 Å². The Morgan fingerprint density at radius 1 is 0.500 bits per heavy atom. The van der Waals surface area contributed by atoms with Crippen LogP contribution in [0.1, 0.15) is 33.4 Å². The molecule has 0 amide bonds. The fraction of sp³-hybridized carbons (Fsp3) is 0.273. The van der Waals surface area contributed by atoms with Crippen LogP contribution in [0, 0.1) is 41.5 Å². The van der Waals surface area contributed by atoms with Gasteiger partial charge >= 0.3 is 0 Å². The van der Waals surface area contributed by atoms with E-state index in [0.29, 0.717) is 0 Å². The Labute approximate surface area is 222 Å². The van der Waals surface area contributed by atoms with Gasteiger partial charge in [-0.2, -0.15) is 0 Å². The second kappa shape index (κ2) is 10.4. The van der Waals surface area contributed by atoms with Crippen LogP contribution in [0.15, 0.2) is 84.9 Å². The molecule has 3 heteroatoms. The van der Waals surface area contributed by atoms with E-state index in [9.17, 15) is 0 Å². The zero-order chi connectivity index (χ0) is 26.3. The first-order valence-electron chi connectivity index (χ1n) is 12.9. The predicted octanol–water partition coefficient (Wildman–Crippen LogP) is 8.39. The van der Waals surface area contributed by atoms with Crippen LogP contribution < -0.4 is 21.2 Å². The lowest BCUT2D eigenvalue weighted by atomic mass is 10.1. The van der Waals surface area contributed by atoms with Crippen LogP contribution in [0.25, 0.3) is 0 Å². The molecule has 0 aliphatic rings. The first-order valence-corrected chi connectivity index (χ1v) is 21.1. The molecule has 4 aromatic rings. The maximum absolute atomic E-state index is 2.63. The van der Waals surface area contributed by atoms with Gasteiger partial charge in [0.05, 0.1) is 17.1 Å². The molecule has 0 aliphatic carbocycles. The lowest BCUT2D eigenvalue weighted by molar-refractivity contribution is 1.35. The van der Waals surface area contributed by atoms with E-state index >= 15 is 0 Å². The van der Waals surface area contributed by atoms with E-state index in [1.807, 2.05) is 0 Å². The fourth-order valence-electron chi connectivity index (χ4n) is 6.17. The molecule has 0 saturated carbocycles. The van der Waals surface area contributed by atoms with Crippen molar-refractivity contribution >= 4 is 43.1 Å². The van der Waals surface area contributed by atoms with Crippen molar-refractivity contribution in [3.05, 3.63) is 118 Å². The number of benzene rings is 4. The first-order chi connectivity index (χ1) is 17.0. The van der Waals surface area contributed by atoms with Gasteiger partial charge < -0.3 is 0 Å². The summed E-state index contributed by atoms with van der Waals surface area (Å²) in [5.74, 6) is 0. The van der Waals surface area contributed by atoms with Crippen molar-refractivity contribution < 1.29 is 0 Å². The van der Waals surface area contributed by atoms with Gasteiger partial charge in [-0.3, -0.25) is 0 Å². The SMILES string of the molecule is Cc1cc(C)c(P(c2c(C)cc(C)cc2C)[P+](c2ccccc2)(c2ccccc2)[Si](C)(C)C)c(C)c1. The molecular weight excluding hydrogens is 486 g/mol. The van der Waals surface area contributed by atoms with Gasteiger partial charge in [0, 0.05) is 10.6 Å². The van der Waals surface area contributed by atoms with Crippen molar-refractivity contribution in [3.8, 4) is 0 Å². The topological polar surface area (TPSA) is 0 Å². The van der Waals surface area contributed by atoms with Crippen LogP contribution in [0.5, 0.6) is 0 Å². The van der Waals surface area contributed by atoms with Gasteiger partial charge in [-0.25, -0.2) is 0 Å². The van der Waals surface area contributed by atoms with E-state index in [1.165, 1.54) is 33.4 Å². The largest absolute Gasteiger partial charge is 0.235 e. The summed E-state index contributed by atoms with van der Waals surface area (Å²) in [5, 5.41) is 6.35. The van der Waals surface area contributed by atoms with Crippen LogP contribution in [-0.2, 0) is 0 Å². The highest BCUT2D eigenvalue weighted by molar-refractivity contribution is 8.62. The summed E-state index contributed by atoms with van der Waals surface area (Å²) < 4.78 is 0. The molecule has 4 rings (SSSR count). The van der Waals surface area contributed by atoms with Crippen molar-refractivity contribution in [3.63, 3.8) is 0 Å². The smallest absolute Gasteiger partial charge is 0.0620 e. The van der Waals surface area contributed by atoms with Crippen LogP contribution >= 0.6 is 14.1 Å². The summed E-state index contributed by atoms with van der Waals surface area (Å²) in [5.41, 5.74) is 8.52. The predicted molar refractivity (Wildman–Crippen MR) is 170 cm³/mol. The molecule has 0 fully saturated rings. The Hall–Kier alpha value is -2.04. The van der Waals surface area contributed by atoms with Crippen molar-refractivity contribution in [2.75, 3.05) is 0 Å². The average Bonchev–Trinajstić information content (AvgIpc) is 2.78. The molecule has 36 heavy (non-hydrogen) atoms. The van der Waals surface area contributed by atoms with Gasteiger partial charge in [-0.1, -0.05) is 71.8 Å². The summed E-state index contributed by atoms with van der Waals surface area (Å²) in [6, 6.07) is 32.9. The maximum atomic E-state index is 2.63. The standard InChI is InChI=1S/C33H41P2Si/c1-24-20-26(3)32(27(4)21-24)34(33-28(5)22-25(2)23-29(33)6)35(36(7,8)9,30-16-12-10-13-17-30)31-18-14-11-15-19-31/h10-23H,1-9H3/q+1. The van der Waals surface area contributed by atoms with Crippen molar-refractivity contribution in [1.82, 2.24) is 0 Å². The summed E-state index contributed by atoms with van der Waals surface area (Å²) in [6.07, 6.45) is 0. The third-order valence-electron chi connectivity index (χ3n) is 7.22. The molecule has 4 aromatic carbocycles. The summed E-state index contributed by atoms with van der Waals surface area (Å²) in [4.78, 5) is 0. The molecule has 0 nitrogen and oxygen atoms in total. The Morgan fingerprint density at radius 3 is 1.08 bits per heavy atom. The molecule has 0 radical (unpaired) electrons. The second-order valence-electron chi connectivity index (χ2n) is 11.3. The third kappa shape index (κ3) is 4.67. The molecule has 0 atom stereocenters. The second-order valence-corrected chi connectivity index (χ2v) is 29.6. The summed E-state index contributed by atoms with van der Waals surface area (Å²) in [7, 11) is -2.50.